The van der Waals surface area contributed by atoms with Crippen molar-refractivity contribution in [3.8, 4) is 0 Å². The van der Waals surface area contributed by atoms with E-state index in [4.69, 9.17) is 16.7 Å². The number of hydrogen-bond acceptors (Lipinski definition) is 5. The van der Waals surface area contributed by atoms with Gasteiger partial charge in [0.25, 0.3) is 5.69 Å². The van der Waals surface area contributed by atoms with E-state index < -0.39 is 29.3 Å². The number of non-ortho nitro benzene ring substituents is 1. The molecule has 0 heterocycles. The van der Waals surface area contributed by atoms with E-state index in [0.29, 0.717) is 0 Å². The van der Waals surface area contributed by atoms with Crippen LogP contribution in [0.15, 0.2) is 53.4 Å². The minimum atomic E-state index is -1.16. The monoisotopic (exact) mass is 394 g/mol. The molecule has 1 unspecified atom stereocenters. The Labute approximate surface area is 158 Å². The van der Waals surface area contributed by atoms with Gasteiger partial charge < -0.3 is 10.4 Å². The fourth-order valence-electron chi connectivity index (χ4n) is 2.23. The molecule has 0 aliphatic heterocycles. The smallest absolute Gasteiger partial charge is 0.305 e. The van der Waals surface area contributed by atoms with Crippen LogP contribution in [0.3, 0.4) is 0 Å². The van der Waals surface area contributed by atoms with Gasteiger partial charge in [-0.05, 0) is 18.2 Å². The van der Waals surface area contributed by atoms with Crippen molar-refractivity contribution in [2.75, 3.05) is 5.75 Å². The summed E-state index contributed by atoms with van der Waals surface area (Å²) in [5.74, 6) is -1.48. The van der Waals surface area contributed by atoms with E-state index in [-0.39, 0.29) is 22.0 Å². The summed E-state index contributed by atoms with van der Waals surface area (Å²) < 4.78 is 0. The molecule has 26 heavy (non-hydrogen) atoms. The van der Waals surface area contributed by atoms with Crippen molar-refractivity contribution in [3.63, 3.8) is 0 Å². The molecule has 2 rings (SSSR count). The topological polar surface area (TPSA) is 110 Å². The predicted molar refractivity (Wildman–Crippen MR) is 98.4 cm³/mol. The van der Waals surface area contributed by atoms with E-state index in [0.717, 1.165) is 4.90 Å². The maximum absolute atomic E-state index is 12.2. The van der Waals surface area contributed by atoms with E-state index in [2.05, 4.69) is 5.32 Å². The summed E-state index contributed by atoms with van der Waals surface area (Å²) in [5.41, 5.74) is -0.0333. The average Bonchev–Trinajstić information content (AvgIpc) is 2.60. The fourth-order valence-corrected chi connectivity index (χ4v) is 3.21. The third kappa shape index (κ3) is 5.75. The molecule has 0 radical (unpaired) electrons. The van der Waals surface area contributed by atoms with Gasteiger partial charge in [0.1, 0.15) is 0 Å². The lowest BCUT2D eigenvalue weighted by molar-refractivity contribution is -0.384. The lowest BCUT2D eigenvalue weighted by Crippen LogP contribution is -2.31. The quantitative estimate of drug-likeness (QED) is 0.401. The van der Waals surface area contributed by atoms with Crippen LogP contribution in [0.4, 0.5) is 5.69 Å². The van der Waals surface area contributed by atoms with Crippen LogP contribution in [-0.4, -0.2) is 27.7 Å². The molecule has 0 aliphatic rings. The first kappa shape index (κ1) is 19.7. The molecular weight excluding hydrogens is 380 g/mol. The van der Waals surface area contributed by atoms with Crippen LogP contribution in [0.1, 0.15) is 18.0 Å². The summed E-state index contributed by atoms with van der Waals surface area (Å²) >= 11 is 7.36. The number of amides is 1. The molecular formula is C17H15ClN2O5S. The summed E-state index contributed by atoms with van der Waals surface area (Å²) in [6.07, 6.45) is -0.442. The van der Waals surface area contributed by atoms with Gasteiger partial charge in [-0.1, -0.05) is 29.8 Å². The van der Waals surface area contributed by atoms with E-state index in [1.54, 1.807) is 0 Å². The number of nitrogens with one attached hydrogen (secondary N) is 1. The van der Waals surface area contributed by atoms with Crippen LogP contribution >= 0.6 is 23.4 Å². The number of nitro groups is 1. The Morgan fingerprint density at radius 2 is 1.92 bits per heavy atom. The van der Waals surface area contributed by atoms with Gasteiger partial charge in [0.05, 0.1) is 23.1 Å². The van der Waals surface area contributed by atoms with Crippen molar-refractivity contribution < 1.29 is 19.6 Å². The Morgan fingerprint density at radius 3 is 2.54 bits per heavy atom. The maximum Gasteiger partial charge on any atom is 0.305 e. The maximum atomic E-state index is 12.2. The highest BCUT2D eigenvalue weighted by Gasteiger charge is 2.23. The minimum absolute atomic E-state index is 0.0761. The summed E-state index contributed by atoms with van der Waals surface area (Å²) in [7, 11) is 0. The zero-order chi connectivity index (χ0) is 19.1. The van der Waals surface area contributed by atoms with Gasteiger partial charge in [-0.25, -0.2) is 0 Å². The third-order valence-corrected chi connectivity index (χ3v) is 4.75. The number of rotatable bonds is 8. The Balaban J connectivity index is 2.14. The Hall–Kier alpha value is -2.58. The van der Waals surface area contributed by atoms with Crippen molar-refractivity contribution >= 4 is 40.9 Å². The predicted octanol–water partition coefficient (Wildman–Crippen LogP) is 3.67. The molecule has 1 amide bonds. The molecule has 0 aliphatic carbocycles. The summed E-state index contributed by atoms with van der Waals surface area (Å²) in [6, 6.07) is 12.0. The molecule has 136 valence electrons. The van der Waals surface area contributed by atoms with E-state index in [1.165, 1.54) is 30.0 Å². The number of carboxylic acids is 1. The number of halogens is 1. The zero-order valence-corrected chi connectivity index (χ0v) is 15.0. The fraction of sp³-hybridized carbons (Fsp3) is 0.176. The first-order valence-electron chi connectivity index (χ1n) is 7.49. The summed E-state index contributed by atoms with van der Waals surface area (Å²) in [4.78, 5) is 34.6. The van der Waals surface area contributed by atoms with Gasteiger partial charge >= 0.3 is 5.97 Å². The highest BCUT2D eigenvalue weighted by Crippen LogP contribution is 2.29. The molecule has 0 aromatic heterocycles. The number of nitrogens with zero attached hydrogens (tertiary/aromatic N) is 1. The molecule has 0 saturated carbocycles. The van der Waals surface area contributed by atoms with Crippen molar-refractivity contribution in [2.24, 2.45) is 0 Å². The number of nitro benzene ring substituents is 1. The summed E-state index contributed by atoms with van der Waals surface area (Å²) in [5, 5.41) is 22.8. The first-order valence-corrected chi connectivity index (χ1v) is 8.86. The largest absolute Gasteiger partial charge is 0.481 e. The molecule has 2 aromatic rings. The Bertz CT molecular complexity index is 816. The molecule has 0 saturated heterocycles. The number of carbonyl (C=O) groups excluding carboxylic acids is 1. The molecule has 2 N–H and O–H groups in total. The van der Waals surface area contributed by atoms with Crippen LogP contribution < -0.4 is 5.32 Å². The zero-order valence-electron chi connectivity index (χ0n) is 13.4. The molecule has 0 fully saturated rings. The van der Waals surface area contributed by atoms with Crippen LogP contribution in [-0.2, 0) is 9.59 Å². The lowest BCUT2D eigenvalue weighted by atomic mass is 10.0. The second-order valence-electron chi connectivity index (χ2n) is 5.28. The SMILES string of the molecule is O=C(O)CC(NC(=O)CSc1ccccc1)c1cc([N+](=O)[O-])ccc1Cl. The van der Waals surface area contributed by atoms with Crippen LogP contribution in [0.5, 0.6) is 0 Å². The Morgan fingerprint density at radius 1 is 1.23 bits per heavy atom. The lowest BCUT2D eigenvalue weighted by Gasteiger charge is -2.18. The van der Waals surface area contributed by atoms with Crippen LogP contribution in [0.2, 0.25) is 5.02 Å². The van der Waals surface area contributed by atoms with Gasteiger partial charge in [-0.3, -0.25) is 19.7 Å². The highest BCUT2D eigenvalue weighted by molar-refractivity contribution is 8.00. The normalized spacial score (nSPS) is 11.6. The van der Waals surface area contributed by atoms with Gasteiger partial charge in [0, 0.05) is 27.6 Å². The van der Waals surface area contributed by atoms with Gasteiger partial charge in [0.2, 0.25) is 5.91 Å². The number of carboxylic acid groups (broad SMARTS) is 1. The number of carbonyl (C=O) groups is 2. The average molecular weight is 395 g/mol. The standard InChI is InChI=1S/C17H15ClN2O5S/c18-14-7-6-11(20(24)25)8-13(14)15(9-17(22)23)19-16(21)10-26-12-4-2-1-3-5-12/h1-8,15H,9-10H2,(H,19,21)(H,22,23). The molecule has 0 spiro atoms. The van der Waals surface area contributed by atoms with Crippen molar-refractivity contribution in [2.45, 2.75) is 17.4 Å². The van der Waals surface area contributed by atoms with E-state index >= 15 is 0 Å². The van der Waals surface area contributed by atoms with Gasteiger partial charge in [-0.15, -0.1) is 11.8 Å². The second-order valence-corrected chi connectivity index (χ2v) is 6.74. The molecule has 9 heteroatoms. The highest BCUT2D eigenvalue weighted by atomic mass is 35.5. The number of aliphatic carboxylic acids is 1. The van der Waals surface area contributed by atoms with Crippen molar-refractivity contribution in [1.29, 1.82) is 0 Å². The molecule has 2 aromatic carbocycles. The molecule has 7 nitrogen and oxygen atoms in total. The van der Waals surface area contributed by atoms with E-state index in [9.17, 15) is 19.7 Å². The number of hydrogen-bond donors (Lipinski definition) is 2. The molecule has 0 bridgehead atoms. The number of benzene rings is 2. The Kier molecular flexibility index (Phi) is 6.99. The first-order chi connectivity index (χ1) is 12.4. The number of thioether (sulfide) groups is 1. The minimum Gasteiger partial charge on any atom is -0.481 e. The second kappa shape index (κ2) is 9.21. The van der Waals surface area contributed by atoms with Crippen molar-refractivity contribution in [1.82, 2.24) is 5.32 Å². The third-order valence-electron chi connectivity index (χ3n) is 3.39. The van der Waals surface area contributed by atoms with Gasteiger partial charge in [-0.2, -0.15) is 0 Å². The van der Waals surface area contributed by atoms with Crippen molar-refractivity contribution in [3.05, 3.63) is 69.2 Å². The van der Waals surface area contributed by atoms with Crippen LogP contribution in [0.25, 0.3) is 0 Å². The molecule has 1 atom stereocenters. The van der Waals surface area contributed by atoms with E-state index in [1.807, 2.05) is 30.3 Å². The summed E-state index contributed by atoms with van der Waals surface area (Å²) in [6.45, 7) is 0. The van der Waals surface area contributed by atoms with Crippen LogP contribution in [0, 0.1) is 10.1 Å². The van der Waals surface area contributed by atoms with Gasteiger partial charge in [0.15, 0.2) is 0 Å².